The number of nitrogens with zero attached hydrogens (tertiary/aromatic N) is 1. The molecule has 2 unspecified atom stereocenters. The van der Waals surface area contributed by atoms with Gasteiger partial charge in [0, 0.05) is 18.8 Å². The molecule has 2 fully saturated rings. The fourth-order valence-corrected chi connectivity index (χ4v) is 3.46. The monoisotopic (exact) mass is 365 g/mol. The highest BCUT2D eigenvalue weighted by molar-refractivity contribution is 5.81. The fraction of sp³-hybridized carbons (Fsp3) is 0.882. The van der Waals surface area contributed by atoms with Crippen molar-refractivity contribution in [3.63, 3.8) is 0 Å². The van der Waals surface area contributed by atoms with Gasteiger partial charge in [-0.1, -0.05) is 0 Å². The zero-order valence-electron chi connectivity index (χ0n) is 14.9. The molecule has 2 rings (SSSR count). The molecule has 2 heterocycles. The van der Waals surface area contributed by atoms with Crippen LogP contribution in [0.1, 0.15) is 52.9 Å². The molecule has 0 saturated carbocycles. The van der Waals surface area contributed by atoms with Gasteiger partial charge in [-0.05, 0) is 40.0 Å². The van der Waals surface area contributed by atoms with Crippen molar-refractivity contribution >= 4 is 11.9 Å². The smallest absolute Gasteiger partial charge is 0.410 e. The number of morpholine rings is 1. The van der Waals surface area contributed by atoms with E-state index in [2.05, 4.69) is 0 Å². The van der Waals surface area contributed by atoms with Gasteiger partial charge in [0.2, 0.25) is 0 Å². The number of amides is 1. The average molecular weight is 365 g/mol. The van der Waals surface area contributed by atoms with Crippen LogP contribution in [0.4, 0.5) is 18.0 Å². The number of ether oxygens (including phenoxy) is 2. The van der Waals surface area contributed by atoms with Crippen molar-refractivity contribution in [1.29, 1.82) is 0 Å². The predicted molar refractivity (Wildman–Crippen MR) is 84.1 cm³/mol. The first-order valence-electron chi connectivity index (χ1n) is 8.65. The van der Waals surface area contributed by atoms with Crippen molar-refractivity contribution in [3.8, 4) is 0 Å². The molecule has 1 amide bonds. The predicted octanol–water partition coefficient (Wildman–Crippen LogP) is 3.70. The summed E-state index contributed by atoms with van der Waals surface area (Å²) in [4.78, 5) is 26.3. The van der Waals surface area contributed by atoms with Crippen molar-refractivity contribution < 1.29 is 32.2 Å². The molecular formula is C17H26F3NO4. The first-order valence-corrected chi connectivity index (χ1v) is 8.65. The summed E-state index contributed by atoms with van der Waals surface area (Å²) >= 11 is 0. The number of piperidine rings is 1. The second-order valence-electron chi connectivity index (χ2n) is 7.84. The summed E-state index contributed by atoms with van der Waals surface area (Å²) in [5, 5.41) is 0. The number of hydrogen-bond donors (Lipinski definition) is 0. The Kier molecular flexibility index (Phi) is 6.01. The molecule has 0 spiro atoms. The quantitative estimate of drug-likeness (QED) is 0.762. The number of ketones is 1. The standard InChI is InChI=1S/C17H26F3NO4/c1-16(2,3)25-15(23)21-12-7-11(8-13(21)10-24-9-12)14(22)5-4-6-17(18,19)20/h11-13H,4-10H2,1-3H3. The maximum Gasteiger partial charge on any atom is 0.410 e. The van der Waals surface area contributed by atoms with Gasteiger partial charge in [0.05, 0.1) is 25.3 Å². The van der Waals surface area contributed by atoms with E-state index in [-0.39, 0.29) is 36.6 Å². The lowest BCUT2D eigenvalue weighted by atomic mass is 9.81. The van der Waals surface area contributed by atoms with E-state index in [1.807, 2.05) is 0 Å². The maximum absolute atomic E-state index is 12.4. The van der Waals surface area contributed by atoms with Crippen molar-refractivity contribution in [1.82, 2.24) is 4.90 Å². The first-order chi connectivity index (χ1) is 11.5. The van der Waals surface area contributed by atoms with E-state index < -0.39 is 24.3 Å². The Bertz CT molecular complexity index is 487. The summed E-state index contributed by atoms with van der Waals surface area (Å²) in [5.41, 5.74) is -0.615. The van der Waals surface area contributed by atoms with Gasteiger partial charge in [-0.3, -0.25) is 9.69 Å². The topological polar surface area (TPSA) is 55.8 Å². The molecule has 2 atom stereocenters. The van der Waals surface area contributed by atoms with Crippen LogP contribution in [0.2, 0.25) is 0 Å². The fourth-order valence-electron chi connectivity index (χ4n) is 3.46. The number of Topliss-reactive ketones (excluding diaryl/α,β-unsaturated/α-hetero) is 1. The minimum atomic E-state index is -4.23. The van der Waals surface area contributed by atoms with Crippen molar-refractivity contribution in [3.05, 3.63) is 0 Å². The summed E-state index contributed by atoms with van der Waals surface area (Å²) in [7, 11) is 0. The van der Waals surface area contributed by atoms with Crippen LogP contribution in [0.25, 0.3) is 0 Å². The second kappa shape index (κ2) is 7.51. The van der Waals surface area contributed by atoms with Gasteiger partial charge in [-0.15, -0.1) is 0 Å². The average Bonchev–Trinajstić information content (AvgIpc) is 2.42. The molecule has 144 valence electrons. The lowest BCUT2D eigenvalue weighted by molar-refractivity contribution is -0.140. The lowest BCUT2D eigenvalue weighted by Crippen LogP contribution is -2.60. The Balaban J connectivity index is 1.94. The number of alkyl halides is 3. The summed E-state index contributed by atoms with van der Waals surface area (Å²) in [6.45, 7) is 6.00. The maximum atomic E-state index is 12.4. The van der Waals surface area contributed by atoms with Crippen molar-refractivity contribution in [2.24, 2.45) is 5.92 Å². The molecule has 0 N–H and O–H groups in total. The molecule has 2 bridgehead atoms. The van der Waals surface area contributed by atoms with Gasteiger partial charge < -0.3 is 9.47 Å². The van der Waals surface area contributed by atoms with E-state index >= 15 is 0 Å². The minimum Gasteiger partial charge on any atom is -0.444 e. The highest BCUT2D eigenvalue weighted by Gasteiger charge is 2.45. The van der Waals surface area contributed by atoms with Crippen LogP contribution in [-0.2, 0) is 14.3 Å². The van der Waals surface area contributed by atoms with Gasteiger partial charge in [0.25, 0.3) is 0 Å². The van der Waals surface area contributed by atoms with Crippen molar-refractivity contribution in [2.75, 3.05) is 13.2 Å². The Morgan fingerprint density at radius 2 is 1.68 bits per heavy atom. The van der Waals surface area contributed by atoms with E-state index in [4.69, 9.17) is 9.47 Å². The molecule has 5 nitrogen and oxygen atoms in total. The zero-order valence-corrected chi connectivity index (χ0v) is 14.9. The van der Waals surface area contributed by atoms with E-state index in [1.165, 1.54) is 0 Å². The highest BCUT2D eigenvalue weighted by atomic mass is 19.4. The molecule has 0 aromatic rings. The number of carbonyl (C=O) groups is 2. The van der Waals surface area contributed by atoms with E-state index in [0.717, 1.165) is 0 Å². The Morgan fingerprint density at radius 1 is 1.12 bits per heavy atom. The SMILES string of the molecule is CC(C)(C)OC(=O)N1C2COCC1CC(C(=O)CCCC(F)(F)F)C2. The molecule has 25 heavy (non-hydrogen) atoms. The molecule has 0 aliphatic carbocycles. The van der Waals surface area contributed by atoms with Crippen LogP contribution in [0.15, 0.2) is 0 Å². The van der Waals surface area contributed by atoms with Crippen LogP contribution in [0, 0.1) is 5.92 Å². The van der Waals surface area contributed by atoms with Gasteiger partial charge >= 0.3 is 12.3 Å². The van der Waals surface area contributed by atoms with Crippen LogP contribution in [0.5, 0.6) is 0 Å². The number of halogens is 3. The van der Waals surface area contributed by atoms with Gasteiger partial charge in [-0.25, -0.2) is 4.79 Å². The van der Waals surface area contributed by atoms with Crippen LogP contribution < -0.4 is 0 Å². The summed E-state index contributed by atoms with van der Waals surface area (Å²) in [6, 6.07) is -0.530. The summed E-state index contributed by atoms with van der Waals surface area (Å²) < 4.78 is 47.6. The summed E-state index contributed by atoms with van der Waals surface area (Å²) in [5.74, 6) is -0.462. The molecule has 0 radical (unpaired) electrons. The Morgan fingerprint density at radius 3 is 2.16 bits per heavy atom. The molecular weight excluding hydrogens is 339 g/mol. The van der Waals surface area contributed by atoms with Gasteiger partial charge in [-0.2, -0.15) is 13.2 Å². The Labute approximate surface area is 145 Å². The van der Waals surface area contributed by atoms with Crippen molar-refractivity contribution in [2.45, 2.75) is 76.7 Å². The molecule has 2 aliphatic rings. The number of carbonyl (C=O) groups excluding carboxylic acids is 2. The van der Waals surface area contributed by atoms with Gasteiger partial charge in [0.1, 0.15) is 11.4 Å². The normalized spacial score (nSPS) is 27.1. The second-order valence-corrected chi connectivity index (χ2v) is 7.84. The molecule has 0 aromatic heterocycles. The molecule has 2 aliphatic heterocycles. The molecule has 8 heteroatoms. The molecule has 2 saturated heterocycles. The largest absolute Gasteiger partial charge is 0.444 e. The Hall–Kier alpha value is -1.31. The third-order valence-electron chi connectivity index (χ3n) is 4.46. The van der Waals surface area contributed by atoms with Crippen LogP contribution >= 0.6 is 0 Å². The van der Waals surface area contributed by atoms with E-state index in [1.54, 1.807) is 25.7 Å². The van der Waals surface area contributed by atoms with Crippen LogP contribution in [-0.4, -0.2) is 53.9 Å². The minimum absolute atomic E-state index is 0.0725. The lowest BCUT2D eigenvalue weighted by Gasteiger charge is -2.47. The van der Waals surface area contributed by atoms with Gasteiger partial charge in [0.15, 0.2) is 0 Å². The van der Waals surface area contributed by atoms with Crippen LogP contribution in [0.3, 0.4) is 0 Å². The number of fused-ring (bicyclic) bond motifs is 2. The third-order valence-corrected chi connectivity index (χ3v) is 4.46. The first kappa shape index (κ1) is 20.0. The third kappa shape index (κ3) is 5.87. The molecule has 0 aromatic carbocycles. The summed E-state index contributed by atoms with van der Waals surface area (Å²) in [6.07, 6.45) is -5.01. The van der Waals surface area contributed by atoms with E-state index in [9.17, 15) is 22.8 Å². The number of hydrogen-bond acceptors (Lipinski definition) is 4. The number of rotatable bonds is 4. The zero-order chi connectivity index (χ0) is 18.8. The van der Waals surface area contributed by atoms with E-state index in [0.29, 0.717) is 26.1 Å². The highest BCUT2D eigenvalue weighted by Crippen LogP contribution is 2.34.